The number of amides is 1. The SMILES string of the molecule is CC(C)(C)OC(=O)N1CC[C@H]2OC[C@H](I)[C@H]21. The first kappa shape index (κ1) is 12.4. The normalized spacial score (nSPS) is 34.0. The maximum absolute atomic E-state index is 12.0. The zero-order valence-electron chi connectivity index (χ0n) is 9.90. The van der Waals surface area contributed by atoms with E-state index in [9.17, 15) is 4.79 Å². The lowest BCUT2D eigenvalue weighted by molar-refractivity contribution is 0.0212. The second kappa shape index (κ2) is 4.33. The predicted octanol–water partition coefficient (Wildman–Crippen LogP) is 2.20. The number of nitrogens with zero attached hydrogens (tertiary/aromatic N) is 1. The average molecular weight is 339 g/mol. The molecule has 2 aliphatic heterocycles. The molecule has 92 valence electrons. The molecule has 0 N–H and O–H groups in total. The second-order valence-electron chi connectivity index (χ2n) is 5.34. The average Bonchev–Trinajstić information content (AvgIpc) is 2.66. The molecule has 2 aliphatic rings. The van der Waals surface area contributed by atoms with Crippen LogP contribution in [0.5, 0.6) is 0 Å². The number of halogens is 1. The Kier molecular flexibility index (Phi) is 3.36. The van der Waals surface area contributed by atoms with Crippen molar-refractivity contribution in [3.8, 4) is 0 Å². The van der Waals surface area contributed by atoms with Crippen molar-refractivity contribution in [1.82, 2.24) is 4.90 Å². The minimum absolute atomic E-state index is 0.202. The van der Waals surface area contributed by atoms with E-state index < -0.39 is 5.60 Å². The van der Waals surface area contributed by atoms with Gasteiger partial charge in [0.1, 0.15) is 5.60 Å². The van der Waals surface area contributed by atoms with Crippen LogP contribution in [0.25, 0.3) is 0 Å². The van der Waals surface area contributed by atoms with E-state index in [2.05, 4.69) is 22.6 Å². The molecule has 2 saturated heterocycles. The Balaban J connectivity index is 2.02. The Morgan fingerprint density at radius 3 is 2.81 bits per heavy atom. The van der Waals surface area contributed by atoms with Gasteiger partial charge >= 0.3 is 6.09 Å². The quantitative estimate of drug-likeness (QED) is 0.502. The van der Waals surface area contributed by atoms with Gasteiger partial charge in [-0.3, -0.25) is 0 Å². The predicted molar refractivity (Wildman–Crippen MR) is 68.9 cm³/mol. The van der Waals surface area contributed by atoms with Crippen molar-refractivity contribution >= 4 is 28.7 Å². The van der Waals surface area contributed by atoms with E-state index in [1.807, 2.05) is 25.7 Å². The van der Waals surface area contributed by atoms with E-state index >= 15 is 0 Å². The largest absolute Gasteiger partial charge is 0.444 e. The first-order valence-corrected chi connectivity index (χ1v) is 6.88. The minimum atomic E-state index is -0.421. The van der Waals surface area contributed by atoms with Gasteiger partial charge in [-0.25, -0.2) is 4.79 Å². The fourth-order valence-electron chi connectivity index (χ4n) is 2.24. The van der Waals surface area contributed by atoms with Crippen LogP contribution in [0.3, 0.4) is 0 Å². The molecule has 3 atom stereocenters. The van der Waals surface area contributed by atoms with Crippen LogP contribution >= 0.6 is 22.6 Å². The topological polar surface area (TPSA) is 38.8 Å². The van der Waals surface area contributed by atoms with Crippen LogP contribution in [-0.2, 0) is 9.47 Å². The van der Waals surface area contributed by atoms with Gasteiger partial charge in [-0.05, 0) is 27.2 Å². The summed E-state index contributed by atoms with van der Waals surface area (Å²) in [6.07, 6.45) is 0.949. The number of ether oxygens (including phenoxy) is 2. The van der Waals surface area contributed by atoms with Gasteiger partial charge in [-0.2, -0.15) is 0 Å². The summed E-state index contributed by atoms with van der Waals surface area (Å²) in [6.45, 7) is 7.18. The maximum Gasteiger partial charge on any atom is 0.410 e. The van der Waals surface area contributed by atoms with Crippen molar-refractivity contribution in [2.75, 3.05) is 13.2 Å². The van der Waals surface area contributed by atoms with Crippen LogP contribution in [0.15, 0.2) is 0 Å². The molecule has 0 saturated carbocycles. The molecule has 0 aromatic rings. The van der Waals surface area contributed by atoms with Crippen LogP contribution in [0.1, 0.15) is 27.2 Å². The number of likely N-dealkylation sites (tertiary alicyclic amines) is 1. The monoisotopic (exact) mass is 339 g/mol. The van der Waals surface area contributed by atoms with E-state index in [0.717, 1.165) is 19.6 Å². The van der Waals surface area contributed by atoms with Crippen molar-refractivity contribution in [2.45, 2.75) is 48.9 Å². The highest BCUT2D eigenvalue weighted by molar-refractivity contribution is 14.1. The van der Waals surface area contributed by atoms with Gasteiger partial charge < -0.3 is 14.4 Å². The summed E-state index contributed by atoms with van der Waals surface area (Å²) in [5.41, 5.74) is -0.421. The number of carbonyl (C=O) groups excluding carboxylic acids is 1. The van der Waals surface area contributed by atoms with Crippen LogP contribution in [0.2, 0.25) is 0 Å². The lowest BCUT2D eigenvalue weighted by Crippen LogP contribution is -2.44. The molecule has 0 aromatic carbocycles. The minimum Gasteiger partial charge on any atom is -0.444 e. The molecule has 0 unspecified atom stereocenters. The van der Waals surface area contributed by atoms with Gasteiger partial charge in [0.15, 0.2) is 0 Å². The third kappa shape index (κ3) is 2.45. The summed E-state index contributed by atoms with van der Waals surface area (Å²) >= 11 is 2.36. The van der Waals surface area contributed by atoms with Gasteiger partial charge in [0.25, 0.3) is 0 Å². The standard InChI is InChI=1S/C11H18INO3/c1-11(2,3)16-10(14)13-5-4-8-9(13)7(12)6-15-8/h7-9H,4-6H2,1-3H3/t7-,8+,9+/m0/s1. The summed E-state index contributed by atoms with van der Waals surface area (Å²) in [5, 5.41) is 0. The van der Waals surface area contributed by atoms with Crippen LogP contribution in [-0.4, -0.2) is 45.8 Å². The van der Waals surface area contributed by atoms with E-state index in [0.29, 0.717) is 3.92 Å². The van der Waals surface area contributed by atoms with Crippen LogP contribution < -0.4 is 0 Å². The maximum atomic E-state index is 12.0. The van der Waals surface area contributed by atoms with Gasteiger partial charge in [0.2, 0.25) is 0 Å². The lowest BCUT2D eigenvalue weighted by Gasteiger charge is -2.28. The third-order valence-corrected chi connectivity index (χ3v) is 3.96. The summed E-state index contributed by atoms with van der Waals surface area (Å²) in [4.78, 5) is 13.8. The molecule has 0 bridgehead atoms. The Labute approximate surface area is 110 Å². The van der Waals surface area contributed by atoms with Gasteiger partial charge in [0.05, 0.1) is 22.7 Å². The zero-order valence-corrected chi connectivity index (χ0v) is 12.1. The fourth-order valence-corrected chi connectivity index (χ4v) is 3.30. The van der Waals surface area contributed by atoms with Crippen LogP contribution in [0, 0.1) is 0 Å². The first-order chi connectivity index (χ1) is 7.38. The third-order valence-electron chi connectivity index (χ3n) is 2.86. The number of carbonyl (C=O) groups is 1. The molecule has 2 fully saturated rings. The number of hydrogen-bond acceptors (Lipinski definition) is 3. The highest BCUT2D eigenvalue weighted by Gasteiger charge is 2.47. The van der Waals surface area contributed by atoms with E-state index in [-0.39, 0.29) is 18.2 Å². The molecule has 0 aromatic heterocycles. The van der Waals surface area contributed by atoms with Gasteiger partial charge in [-0.1, -0.05) is 22.6 Å². The summed E-state index contributed by atoms with van der Waals surface area (Å²) in [6, 6.07) is 0.204. The molecule has 1 amide bonds. The van der Waals surface area contributed by atoms with Gasteiger partial charge in [0, 0.05) is 6.54 Å². The Morgan fingerprint density at radius 2 is 2.19 bits per heavy atom. The fraction of sp³-hybridized carbons (Fsp3) is 0.909. The van der Waals surface area contributed by atoms with Gasteiger partial charge in [-0.15, -0.1) is 0 Å². The lowest BCUT2D eigenvalue weighted by atomic mass is 10.1. The molecule has 16 heavy (non-hydrogen) atoms. The highest BCUT2D eigenvalue weighted by atomic mass is 127. The van der Waals surface area contributed by atoms with Crippen LogP contribution in [0.4, 0.5) is 4.79 Å². The first-order valence-electron chi connectivity index (χ1n) is 5.64. The molecule has 5 heteroatoms. The molecule has 2 rings (SSSR count). The Bertz CT molecular complexity index is 289. The second-order valence-corrected chi connectivity index (χ2v) is 6.94. The summed E-state index contributed by atoms with van der Waals surface area (Å²) in [5.74, 6) is 0. The number of rotatable bonds is 0. The molecular formula is C11H18INO3. The molecule has 0 spiro atoms. The Morgan fingerprint density at radius 1 is 1.50 bits per heavy atom. The van der Waals surface area contributed by atoms with E-state index in [1.165, 1.54) is 0 Å². The Hall–Kier alpha value is -0.0400. The zero-order chi connectivity index (χ0) is 11.9. The summed E-state index contributed by atoms with van der Waals surface area (Å²) in [7, 11) is 0. The number of fused-ring (bicyclic) bond motifs is 1. The highest BCUT2D eigenvalue weighted by Crippen LogP contribution is 2.34. The molecule has 0 radical (unpaired) electrons. The molecule has 0 aliphatic carbocycles. The van der Waals surface area contributed by atoms with Crippen molar-refractivity contribution in [1.29, 1.82) is 0 Å². The number of alkyl halides is 1. The number of hydrogen-bond donors (Lipinski definition) is 0. The van der Waals surface area contributed by atoms with E-state index in [1.54, 1.807) is 0 Å². The van der Waals surface area contributed by atoms with Crippen molar-refractivity contribution in [3.05, 3.63) is 0 Å². The molecule has 2 heterocycles. The molecule has 4 nitrogen and oxygen atoms in total. The van der Waals surface area contributed by atoms with Crippen molar-refractivity contribution in [2.24, 2.45) is 0 Å². The van der Waals surface area contributed by atoms with E-state index in [4.69, 9.17) is 9.47 Å². The smallest absolute Gasteiger partial charge is 0.410 e. The van der Waals surface area contributed by atoms with Crippen molar-refractivity contribution < 1.29 is 14.3 Å². The molecular weight excluding hydrogens is 321 g/mol. The summed E-state index contributed by atoms with van der Waals surface area (Å²) < 4.78 is 11.4. The van der Waals surface area contributed by atoms with Crippen molar-refractivity contribution in [3.63, 3.8) is 0 Å².